The topological polar surface area (TPSA) is 67.8 Å². The summed E-state index contributed by atoms with van der Waals surface area (Å²) in [6, 6.07) is 5.04. The maximum absolute atomic E-state index is 8.55. The Morgan fingerprint density at radius 1 is 1.59 bits per heavy atom. The molecular weight excluding hydrogens is 240 g/mol. The highest BCUT2D eigenvalue weighted by molar-refractivity contribution is 6.32. The molecule has 0 radical (unpaired) electrons. The fourth-order valence-electron chi connectivity index (χ4n) is 1.50. The van der Waals surface area contributed by atoms with Crippen LogP contribution < -0.4 is 10.5 Å². The van der Waals surface area contributed by atoms with E-state index in [1.807, 2.05) is 6.92 Å². The summed E-state index contributed by atoms with van der Waals surface area (Å²) in [7, 11) is 0. The monoisotopic (exact) mass is 256 g/mol. The Balaban J connectivity index is 2.83. The van der Waals surface area contributed by atoms with Crippen molar-refractivity contribution in [2.24, 2.45) is 10.9 Å². The molecule has 0 aliphatic carbocycles. The van der Waals surface area contributed by atoms with Gasteiger partial charge in [0.25, 0.3) is 0 Å². The summed E-state index contributed by atoms with van der Waals surface area (Å²) >= 11 is 6.06. The standard InChI is InChI=1S/C12H17ClN2O2/c1-3-4-8(2)17-11-6-5-9(7-10(11)13)12(14)15-16/h5-8,16H,3-4H2,1-2H3,(H2,14,15). The number of nitrogens with two attached hydrogens (primary N) is 1. The van der Waals surface area contributed by atoms with Gasteiger partial charge in [0.05, 0.1) is 11.1 Å². The fraction of sp³-hybridized carbons (Fsp3) is 0.417. The van der Waals surface area contributed by atoms with Gasteiger partial charge in [0, 0.05) is 5.56 Å². The van der Waals surface area contributed by atoms with Gasteiger partial charge >= 0.3 is 0 Å². The van der Waals surface area contributed by atoms with Crippen molar-refractivity contribution in [3.8, 4) is 5.75 Å². The van der Waals surface area contributed by atoms with Crippen LogP contribution in [0.1, 0.15) is 32.3 Å². The second-order valence-corrected chi connectivity index (χ2v) is 4.25. The first-order valence-corrected chi connectivity index (χ1v) is 5.90. The van der Waals surface area contributed by atoms with E-state index < -0.39 is 0 Å². The first-order chi connectivity index (χ1) is 8.08. The summed E-state index contributed by atoms with van der Waals surface area (Å²) in [5, 5.41) is 11.9. The zero-order valence-electron chi connectivity index (χ0n) is 9.98. The van der Waals surface area contributed by atoms with E-state index >= 15 is 0 Å². The van der Waals surface area contributed by atoms with Gasteiger partial charge in [0.2, 0.25) is 0 Å². The molecule has 5 heteroatoms. The van der Waals surface area contributed by atoms with Gasteiger partial charge < -0.3 is 15.7 Å². The average Bonchev–Trinajstić information content (AvgIpc) is 2.31. The van der Waals surface area contributed by atoms with Crippen LogP contribution in [0, 0.1) is 0 Å². The summed E-state index contributed by atoms with van der Waals surface area (Å²) in [6.45, 7) is 4.10. The second-order valence-electron chi connectivity index (χ2n) is 3.85. The van der Waals surface area contributed by atoms with E-state index in [0.29, 0.717) is 16.3 Å². The van der Waals surface area contributed by atoms with Gasteiger partial charge in [-0.1, -0.05) is 30.1 Å². The molecule has 1 aromatic carbocycles. The first kappa shape index (κ1) is 13.6. The minimum absolute atomic E-state index is 0.0278. The number of oxime groups is 1. The third-order valence-corrected chi connectivity index (χ3v) is 2.65. The van der Waals surface area contributed by atoms with E-state index in [1.165, 1.54) is 0 Å². The van der Waals surface area contributed by atoms with Crippen molar-refractivity contribution in [3.63, 3.8) is 0 Å². The summed E-state index contributed by atoms with van der Waals surface area (Å²) in [5.41, 5.74) is 6.03. The summed E-state index contributed by atoms with van der Waals surface area (Å²) in [4.78, 5) is 0. The van der Waals surface area contributed by atoms with Crippen LogP contribution in [-0.2, 0) is 0 Å². The molecule has 0 aliphatic heterocycles. The molecule has 17 heavy (non-hydrogen) atoms. The lowest BCUT2D eigenvalue weighted by Crippen LogP contribution is -2.14. The normalized spacial score (nSPS) is 13.5. The van der Waals surface area contributed by atoms with E-state index in [9.17, 15) is 0 Å². The largest absolute Gasteiger partial charge is 0.489 e. The molecule has 1 aromatic rings. The van der Waals surface area contributed by atoms with Crippen LogP contribution in [0.25, 0.3) is 0 Å². The van der Waals surface area contributed by atoms with Crippen LogP contribution in [0.5, 0.6) is 5.75 Å². The van der Waals surface area contributed by atoms with Crippen LogP contribution in [0.4, 0.5) is 0 Å². The Bertz CT molecular complexity index is 407. The van der Waals surface area contributed by atoms with E-state index in [4.69, 9.17) is 27.3 Å². The third kappa shape index (κ3) is 3.82. The Labute approximate surface area is 106 Å². The van der Waals surface area contributed by atoms with E-state index in [2.05, 4.69) is 12.1 Å². The van der Waals surface area contributed by atoms with Crippen molar-refractivity contribution in [1.82, 2.24) is 0 Å². The Kier molecular flexibility index (Phi) is 5.10. The van der Waals surface area contributed by atoms with Gasteiger partial charge in [-0.25, -0.2) is 0 Å². The van der Waals surface area contributed by atoms with Gasteiger partial charge in [-0.15, -0.1) is 0 Å². The van der Waals surface area contributed by atoms with Crippen LogP contribution in [0.15, 0.2) is 23.4 Å². The lowest BCUT2D eigenvalue weighted by atomic mass is 10.2. The number of ether oxygens (including phenoxy) is 1. The number of rotatable bonds is 5. The highest BCUT2D eigenvalue weighted by Gasteiger charge is 2.09. The van der Waals surface area contributed by atoms with Crippen molar-refractivity contribution in [3.05, 3.63) is 28.8 Å². The average molecular weight is 257 g/mol. The number of hydrogen-bond acceptors (Lipinski definition) is 3. The van der Waals surface area contributed by atoms with Gasteiger partial charge in [0.1, 0.15) is 5.75 Å². The van der Waals surface area contributed by atoms with Crippen molar-refractivity contribution >= 4 is 17.4 Å². The minimum atomic E-state index is 0.0278. The number of hydrogen-bond donors (Lipinski definition) is 2. The molecule has 94 valence electrons. The number of benzene rings is 1. The minimum Gasteiger partial charge on any atom is -0.489 e. The smallest absolute Gasteiger partial charge is 0.170 e. The molecule has 0 aliphatic rings. The van der Waals surface area contributed by atoms with Crippen molar-refractivity contribution in [1.29, 1.82) is 0 Å². The molecule has 0 spiro atoms. The van der Waals surface area contributed by atoms with Crippen LogP contribution in [0.2, 0.25) is 5.02 Å². The number of amidine groups is 1. The third-order valence-electron chi connectivity index (χ3n) is 2.36. The van der Waals surface area contributed by atoms with Crippen LogP contribution >= 0.6 is 11.6 Å². The molecule has 1 unspecified atom stereocenters. The molecule has 4 nitrogen and oxygen atoms in total. The Morgan fingerprint density at radius 3 is 2.82 bits per heavy atom. The van der Waals surface area contributed by atoms with Crippen LogP contribution in [-0.4, -0.2) is 17.1 Å². The number of nitrogens with zero attached hydrogens (tertiary/aromatic N) is 1. The van der Waals surface area contributed by atoms with E-state index in [-0.39, 0.29) is 11.9 Å². The van der Waals surface area contributed by atoms with Crippen molar-refractivity contribution < 1.29 is 9.94 Å². The van der Waals surface area contributed by atoms with Crippen molar-refractivity contribution in [2.75, 3.05) is 0 Å². The van der Waals surface area contributed by atoms with E-state index in [1.54, 1.807) is 18.2 Å². The van der Waals surface area contributed by atoms with Gasteiger partial charge in [-0.2, -0.15) is 0 Å². The Hall–Kier alpha value is -1.42. The predicted molar refractivity (Wildman–Crippen MR) is 69.0 cm³/mol. The first-order valence-electron chi connectivity index (χ1n) is 5.52. The predicted octanol–water partition coefficient (Wildman–Crippen LogP) is 3.00. The molecule has 3 N–H and O–H groups in total. The summed E-state index contributed by atoms with van der Waals surface area (Å²) in [6.07, 6.45) is 2.14. The molecular formula is C12H17ClN2O2. The van der Waals surface area contributed by atoms with Crippen LogP contribution in [0.3, 0.4) is 0 Å². The van der Waals surface area contributed by atoms with E-state index in [0.717, 1.165) is 12.8 Å². The molecule has 0 saturated heterocycles. The molecule has 1 rings (SSSR count). The highest BCUT2D eigenvalue weighted by atomic mass is 35.5. The molecule has 0 bridgehead atoms. The lowest BCUT2D eigenvalue weighted by molar-refractivity contribution is 0.210. The maximum atomic E-state index is 8.55. The zero-order chi connectivity index (χ0) is 12.8. The lowest BCUT2D eigenvalue weighted by Gasteiger charge is -2.15. The summed E-state index contributed by atoms with van der Waals surface area (Å²) < 4.78 is 5.68. The maximum Gasteiger partial charge on any atom is 0.170 e. The molecule has 1 atom stereocenters. The zero-order valence-corrected chi connectivity index (χ0v) is 10.7. The molecule has 0 fully saturated rings. The quantitative estimate of drug-likeness (QED) is 0.368. The molecule has 0 heterocycles. The van der Waals surface area contributed by atoms with Gasteiger partial charge in [-0.3, -0.25) is 0 Å². The summed E-state index contributed by atoms with van der Waals surface area (Å²) in [5.74, 6) is 0.641. The van der Waals surface area contributed by atoms with Gasteiger partial charge in [-0.05, 0) is 31.5 Å². The molecule has 0 amide bonds. The molecule has 0 aromatic heterocycles. The second kappa shape index (κ2) is 6.35. The Morgan fingerprint density at radius 2 is 2.29 bits per heavy atom. The van der Waals surface area contributed by atoms with Gasteiger partial charge in [0.15, 0.2) is 5.84 Å². The molecule has 0 saturated carbocycles. The SMILES string of the molecule is CCCC(C)Oc1ccc(/C(N)=N/O)cc1Cl. The number of halogens is 1. The highest BCUT2D eigenvalue weighted by Crippen LogP contribution is 2.27. The van der Waals surface area contributed by atoms with Crippen molar-refractivity contribution in [2.45, 2.75) is 32.8 Å². The fourth-order valence-corrected chi connectivity index (χ4v) is 1.72.